The molecule has 8 heteroatoms. The van der Waals surface area contributed by atoms with Gasteiger partial charge in [0.1, 0.15) is 11.9 Å². The summed E-state index contributed by atoms with van der Waals surface area (Å²) >= 11 is 0. The molecule has 0 aromatic rings. The highest BCUT2D eigenvalue weighted by molar-refractivity contribution is 8.10. The predicted molar refractivity (Wildman–Crippen MR) is 51.5 cm³/mol. The normalized spacial score (nSPS) is 30.8. The van der Waals surface area contributed by atoms with E-state index in [-0.39, 0.29) is 12.8 Å². The summed E-state index contributed by atoms with van der Waals surface area (Å²) in [5, 5.41) is -1.83. The summed E-state index contributed by atoms with van der Waals surface area (Å²) < 4.78 is 79.5. The van der Waals surface area contributed by atoms with Gasteiger partial charge in [0, 0.05) is 0 Å². The van der Waals surface area contributed by atoms with Gasteiger partial charge in [0.2, 0.25) is 0 Å². The van der Waals surface area contributed by atoms with E-state index in [1.165, 1.54) is 0 Å². The summed E-state index contributed by atoms with van der Waals surface area (Å²) in [7, 11) is -5.96. The third-order valence-corrected chi connectivity index (χ3v) is 5.28. The van der Waals surface area contributed by atoms with Crippen molar-refractivity contribution in [1.82, 2.24) is 0 Å². The van der Waals surface area contributed by atoms with E-state index in [9.17, 15) is 30.9 Å². The first-order chi connectivity index (χ1) is 7.00. The SMILES string of the molecule is O=S(O)(O)(CC(F)(F)F)C1CCCCC1F. The Morgan fingerprint density at radius 1 is 1.19 bits per heavy atom. The molecule has 2 N–H and O–H groups in total. The van der Waals surface area contributed by atoms with Crippen molar-refractivity contribution < 1.29 is 30.9 Å². The van der Waals surface area contributed by atoms with Crippen LogP contribution >= 0.6 is 0 Å². The lowest BCUT2D eigenvalue weighted by molar-refractivity contribution is -0.109. The lowest BCUT2D eigenvalue weighted by Crippen LogP contribution is -2.55. The molecule has 2 atom stereocenters. The maximum Gasteiger partial charge on any atom is 0.402 e. The second-order valence-electron chi connectivity index (χ2n) is 4.18. The van der Waals surface area contributed by atoms with Gasteiger partial charge in [0.05, 0.1) is 14.9 Å². The van der Waals surface area contributed by atoms with E-state index < -0.39 is 33.0 Å². The van der Waals surface area contributed by atoms with Crippen LogP contribution in [-0.2, 0) is 9.63 Å². The molecule has 0 radical (unpaired) electrons. The largest absolute Gasteiger partial charge is 0.402 e. The van der Waals surface area contributed by atoms with Gasteiger partial charge in [0.15, 0.2) is 0 Å². The van der Waals surface area contributed by atoms with Crippen LogP contribution in [0.5, 0.6) is 0 Å². The van der Waals surface area contributed by atoms with E-state index in [2.05, 4.69) is 0 Å². The molecule has 1 aliphatic carbocycles. The number of alkyl halides is 4. The quantitative estimate of drug-likeness (QED) is 0.755. The maximum absolute atomic E-state index is 13.3. The molecule has 1 fully saturated rings. The van der Waals surface area contributed by atoms with Crippen molar-refractivity contribution in [3.63, 3.8) is 0 Å². The molecule has 0 amide bonds. The van der Waals surface area contributed by atoms with Crippen LogP contribution in [0.1, 0.15) is 25.7 Å². The van der Waals surface area contributed by atoms with Gasteiger partial charge in [0.25, 0.3) is 0 Å². The first kappa shape index (κ1) is 13.9. The fraction of sp³-hybridized carbons (Fsp3) is 1.00. The zero-order chi connectivity index (χ0) is 12.6. The molecule has 0 aliphatic heterocycles. The van der Waals surface area contributed by atoms with Gasteiger partial charge in [-0.15, -0.1) is 0 Å². The lowest BCUT2D eigenvalue weighted by atomic mass is 9.98. The second kappa shape index (κ2) is 3.92. The highest BCUT2D eigenvalue weighted by atomic mass is 32.3. The molecule has 16 heavy (non-hydrogen) atoms. The molecule has 1 saturated carbocycles. The molecule has 0 bridgehead atoms. The Balaban J connectivity index is 2.93. The van der Waals surface area contributed by atoms with Crippen LogP contribution in [0, 0.1) is 0 Å². The van der Waals surface area contributed by atoms with Crippen molar-refractivity contribution in [1.29, 1.82) is 0 Å². The van der Waals surface area contributed by atoms with Gasteiger partial charge in [-0.05, 0) is 12.8 Å². The Bertz CT molecular complexity index is 322. The molecule has 98 valence electrons. The number of halogens is 4. The predicted octanol–water partition coefficient (Wildman–Crippen LogP) is 2.60. The molecule has 2 unspecified atom stereocenters. The molecule has 1 rings (SSSR count). The maximum atomic E-state index is 13.3. The van der Waals surface area contributed by atoms with E-state index in [1.54, 1.807) is 0 Å². The van der Waals surface area contributed by atoms with Crippen LogP contribution in [-0.4, -0.2) is 36.7 Å². The number of hydrogen-bond donors (Lipinski definition) is 2. The number of hydrogen-bond acceptors (Lipinski definition) is 1. The minimum atomic E-state index is -5.96. The van der Waals surface area contributed by atoms with Gasteiger partial charge in [-0.3, -0.25) is 0 Å². The molecular formula is C8H14F4O3S. The Morgan fingerprint density at radius 3 is 2.12 bits per heavy atom. The average molecular weight is 266 g/mol. The summed E-state index contributed by atoms with van der Waals surface area (Å²) in [6, 6.07) is 0. The Kier molecular flexibility index (Phi) is 3.39. The van der Waals surface area contributed by atoms with Crippen molar-refractivity contribution in [2.45, 2.75) is 43.3 Å². The van der Waals surface area contributed by atoms with E-state index in [0.29, 0.717) is 12.8 Å². The molecule has 3 nitrogen and oxygen atoms in total. The van der Waals surface area contributed by atoms with Crippen molar-refractivity contribution in [3.05, 3.63) is 0 Å². The van der Waals surface area contributed by atoms with Crippen LogP contribution in [0.2, 0.25) is 0 Å². The molecule has 0 aromatic heterocycles. The monoisotopic (exact) mass is 266 g/mol. The van der Waals surface area contributed by atoms with Gasteiger partial charge < -0.3 is 9.11 Å². The summed E-state index contributed by atoms with van der Waals surface area (Å²) in [6.07, 6.45) is -6.34. The third kappa shape index (κ3) is 3.39. The molecule has 1 aliphatic rings. The van der Waals surface area contributed by atoms with Crippen molar-refractivity contribution in [2.75, 3.05) is 5.75 Å². The summed E-state index contributed by atoms with van der Waals surface area (Å²) in [5.74, 6) is -2.25. The molecule has 0 aromatic carbocycles. The smallest absolute Gasteiger partial charge is 0.307 e. The first-order valence-corrected chi connectivity index (χ1v) is 6.96. The zero-order valence-electron chi connectivity index (χ0n) is 8.41. The minimum absolute atomic E-state index is 0.0851. The standard InChI is InChI=1S/C8H14F4O3S/c9-6-3-1-2-4-7(6)16(13,14,15)5-8(10,11)12/h6-7H,1-5H2,(H2,13,14,15). The molecular weight excluding hydrogens is 252 g/mol. The van der Waals surface area contributed by atoms with Crippen LogP contribution < -0.4 is 0 Å². The van der Waals surface area contributed by atoms with Gasteiger partial charge in [-0.25, -0.2) is 8.60 Å². The molecule has 0 heterocycles. The third-order valence-electron chi connectivity index (χ3n) is 2.67. The van der Waals surface area contributed by atoms with Crippen molar-refractivity contribution >= 4 is 9.63 Å². The Morgan fingerprint density at radius 2 is 1.69 bits per heavy atom. The van der Waals surface area contributed by atoms with E-state index >= 15 is 0 Å². The summed E-state index contributed by atoms with van der Waals surface area (Å²) in [5.41, 5.74) is 0. The first-order valence-electron chi connectivity index (χ1n) is 4.84. The van der Waals surface area contributed by atoms with E-state index in [0.717, 1.165) is 0 Å². The minimum Gasteiger partial charge on any atom is -0.307 e. The van der Waals surface area contributed by atoms with Crippen LogP contribution in [0.4, 0.5) is 17.6 Å². The topological polar surface area (TPSA) is 57.5 Å². The van der Waals surface area contributed by atoms with Crippen molar-refractivity contribution in [2.24, 2.45) is 0 Å². The molecule has 0 saturated heterocycles. The highest BCUT2D eigenvalue weighted by Gasteiger charge is 2.53. The Hall–Kier alpha value is -0.210. The highest BCUT2D eigenvalue weighted by Crippen LogP contribution is 2.40. The van der Waals surface area contributed by atoms with Gasteiger partial charge in [-0.2, -0.15) is 13.2 Å². The number of rotatable bonds is 2. The summed E-state index contributed by atoms with van der Waals surface area (Å²) in [4.78, 5) is 0. The second-order valence-corrected chi connectivity index (χ2v) is 7.23. The van der Waals surface area contributed by atoms with Crippen LogP contribution in [0.15, 0.2) is 0 Å². The molecule has 0 spiro atoms. The summed E-state index contributed by atoms with van der Waals surface area (Å²) in [6.45, 7) is 0. The van der Waals surface area contributed by atoms with Crippen LogP contribution in [0.3, 0.4) is 0 Å². The average Bonchev–Trinajstić information content (AvgIpc) is 1.98. The van der Waals surface area contributed by atoms with Crippen LogP contribution in [0.25, 0.3) is 0 Å². The zero-order valence-corrected chi connectivity index (χ0v) is 9.23. The van der Waals surface area contributed by atoms with Crippen molar-refractivity contribution in [3.8, 4) is 0 Å². The van der Waals surface area contributed by atoms with Gasteiger partial charge >= 0.3 is 6.18 Å². The fourth-order valence-electron chi connectivity index (χ4n) is 2.00. The Labute approximate surface area is 90.3 Å². The fourth-order valence-corrected chi connectivity index (χ4v) is 4.20. The van der Waals surface area contributed by atoms with E-state index in [1.807, 2.05) is 0 Å². The van der Waals surface area contributed by atoms with E-state index in [4.69, 9.17) is 0 Å². The van der Waals surface area contributed by atoms with Gasteiger partial charge in [-0.1, -0.05) is 12.8 Å². The lowest BCUT2D eigenvalue weighted by Gasteiger charge is -2.42.